The summed E-state index contributed by atoms with van der Waals surface area (Å²) in [7, 11) is 1.81. The molecule has 3 heterocycles. The second kappa shape index (κ2) is 7.13. The molecule has 6 heteroatoms. The summed E-state index contributed by atoms with van der Waals surface area (Å²) in [6, 6.07) is 7.92. The van der Waals surface area contributed by atoms with E-state index >= 15 is 0 Å². The lowest BCUT2D eigenvalue weighted by molar-refractivity contribution is -0.135. The summed E-state index contributed by atoms with van der Waals surface area (Å²) >= 11 is 1.70. The zero-order chi connectivity index (χ0) is 17.1. The van der Waals surface area contributed by atoms with Crippen LogP contribution in [-0.4, -0.2) is 40.2 Å². The average Bonchev–Trinajstić information content (AvgIpc) is 3.14. The lowest BCUT2D eigenvalue weighted by Gasteiger charge is -2.21. The van der Waals surface area contributed by atoms with Crippen LogP contribution in [0.1, 0.15) is 21.7 Å². The summed E-state index contributed by atoms with van der Waals surface area (Å²) in [6.45, 7) is 3.66. The van der Waals surface area contributed by atoms with E-state index in [2.05, 4.69) is 24.0 Å². The molecule has 24 heavy (non-hydrogen) atoms. The minimum Gasteiger partial charge on any atom is -0.340 e. The molecule has 0 bridgehead atoms. The van der Waals surface area contributed by atoms with Crippen molar-refractivity contribution in [2.45, 2.75) is 26.4 Å². The van der Waals surface area contributed by atoms with Crippen LogP contribution in [0.4, 0.5) is 0 Å². The number of aromatic nitrogens is 1. The molecule has 1 unspecified atom stereocenters. The van der Waals surface area contributed by atoms with Crippen molar-refractivity contribution in [3.05, 3.63) is 52.0 Å². The highest BCUT2D eigenvalue weighted by Gasteiger charge is 2.35. The van der Waals surface area contributed by atoms with Gasteiger partial charge in [-0.1, -0.05) is 6.07 Å². The van der Waals surface area contributed by atoms with E-state index in [1.165, 1.54) is 9.75 Å². The molecule has 0 saturated carbocycles. The molecule has 1 atom stereocenters. The molecule has 3 rings (SSSR count). The van der Waals surface area contributed by atoms with Crippen molar-refractivity contribution < 1.29 is 9.59 Å². The summed E-state index contributed by atoms with van der Waals surface area (Å²) < 4.78 is 0. The Bertz CT molecular complexity index is 729. The van der Waals surface area contributed by atoms with E-state index in [-0.39, 0.29) is 17.7 Å². The van der Waals surface area contributed by atoms with E-state index in [9.17, 15) is 9.59 Å². The fraction of sp³-hybridized carbons (Fsp3) is 0.389. The molecule has 1 aliphatic rings. The zero-order valence-electron chi connectivity index (χ0n) is 13.9. The third-order valence-corrected chi connectivity index (χ3v) is 5.21. The van der Waals surface area contributed by atoms with Gasteiger partial charge >= 0.3 is 0 Å². The van der Waals surface area contributed by atoms with Crippen molar-refractivity contribution in [3.63, 3.8) is 0 Å². The number of hydrogen-bond donors (Lipinski definition) is 0. The number of amides is 2. The van der Waals surface area contributed by atoms with Crippen molar-refractivity contribution >= 4 is 23.2 Å². The average molecular weight is 343 g/mol. The quantitative estimate of drug-likeness (QED) is 0.838. The molecule has 2 aromatic rings. The number of pyridine rings is 1. The van der Waals surface area contributed by atoms with Crippen molar-refractivity contribution in [3.8, 4) is 0 Å². The maximum Gasteiger partial charge on any atom is 0.228 e. The Labute approximate surface area is 145 Å². The number of thiophene rings is 1. The summed E-state index contributed by atoms with van der Waals surface area (Å²) in [5, 5.41) is 0. The van der Waals surface area contributed by atoms with E-state index in [1.54, 1.807) is 33.5 Å². The first-order valence-electron chi connectivity index (χ1n) is 8.00. The summed E-state index contributed by atoms with van der Waals surface area (Å²) in [5.74, 6) is -0.166. The van der Waals surface area contributed by atoms with Crippen LogP contribution in [0.3, 0.4) is 0 Å². The van der Waals surface area contributed by atoms with Gasteiger partial charge in [-0.05, 0) is 30.7 Å². The van der Waals surface area contributed by atoms with Gasteiger partial charge in [-0.2, -0.15) is 0 Å². The van der Waals surface area contributed by atoms with Gasteiger partial charge in [-0.3, -0.25) is 14.6 Å². The third-order valence-electron chi connectivity index (χ3n) is 4.23. The third kappa shape index (κ3) is 3.82. The van der Waals surface area contributed by atoms with Crippen LogP contribution in [0.25, 0.3) is 0 Å². The fourth-order valence-corrected chi connectivity index (χ4v) is 3.94. The molecule has 0 aromatic carbocycles. The number of carbonyl (C=O) groups excluding carboxylic acids is 2. The predicted octanol–water partition coefficient (Wildman–Crippen LogP) is 2.46. The van der Waals surface area contributed by atoms with Crippen LogP contribution in [0, 0.1) is 12.8 Å². The van der Waals surface area contributed by atoms with Crippen LogP contribution >= 0.6 is 11.3 Å². The molecule has 2 amide bonds. The summed E-state index contributed by atoms with van der Waals surface area (Å²) in [5.41, 5.74) is 0.987. The van der Waals surface area contributed by atoms with Gasteiger partial charge in [-0.25, -0.2) is 0 Å². The highest BCUT2D eigenvalue weighted by atomic mass is 32.1. The number of rotatable bonds is 5. The van der Waals surface area contributed by atoms with Gasteiger partial charge in [0.2, 0.25) is 11.8 Å². The fourth-order valence-electron chi connectivity index (χ4n) is 3.00. The molecular formula is C18H21N3O2S. The second-order valence-electron chi connectivity index (χ2n) is 6.24. The second-order valence-corrected chi connectivity index (χ2v) is 7.62. The van der Waals surface area contributed by atoms with Gasteiger partial charge < -0.3 is 9.80 Å². The highest BCUT2D eigenvalue weighted by Crippen LogP contribution is 2.23. The lowest BCUT2D eigenvalue weighted by atomic mass is 10.1. The number of likely N-dealkylation sites (tertiary alicyclic amines) is 1. The van der Waals surface area contributed by atoms with E-state index in [0.717, 1.165) is 5.56 Å². The summed E-state index contributed by atoms with van der Waals surface area (Å²) in [6.07, 6.45) is 3.77. The van der Waals surface area contributed by atoms with Crippen molar-refractivity contribution in [2.24, 2.45) is 5.92 Å². The summed E-state index contributed by atoms with van der Waals surface area (Å²) in [4.78, 5) is 34.8. The normalized spacial score (nSPS) is 17.3. The van der Waals surface area contributed by atoms with E-state index in [0.29, 0.717) is 26.1 Å². The maximum absolute atomic E-state index is 12.6. The van der Waals surface area contributed by atoms with E-state index < -0.39 is 0 Å². The molecular weight excluding hydrogens is 322 g/mol. The van der Waals surface area contributed by atoms with E-state index in [1.807, 2.05) is 19.2 Å². The first-order chi connectivity index (χ1) is 11.5. The molecule has 5 nitrogen and oxygen atoms in total. The Kier molecular flexibility index (Phi) is 4.94. The van der Waals surface area contributed by atoms with Crippen molar-refractivity contribution in [2.75, 3.05) is 13.6 Å². The first-order valence-corrected chi connectivity index (χ1v) is 8.81. The SMILES string of the molecule is Cc1ccc(CN(C)C(=O)C2CC(=O)N(Cc3cccnc3)C2)s1. The van der Waals surface area contributed by atoms with Crippen LogP contribution in [-0.2, 0) is 22.7 Å². The van der Waals surface area contributed by atoms with Gasteiger partial charge in [0.25, 0.3) is 0 Å². The van der Waals surface area contributed by atoms with Crippen molar-refractivity contribution in [1.29, 1.82) is 0 Å². The van der Waals surface area contributed by atoms with E-state index in [4.69, 9.17) is 0 Å². The molecule has 1 fully saturated rings. The molecule has 0 N–H and O–H groups in total. The molecule has 1 saturated heterocycles. The predicted molar refractivity (Wildman–Crippen MR) is 93.3 cm³/mol. The monoisotopic (exact) mass is 343 g/mol. The molecule has 0 spiro atoms. The molecule has 0 radical (unpaired) electrons. The minimum atomic E-state index is -0.250. The van der Waals surface area contributed by atoms with Crippen LogP contribution in [0.2, 0.25) is 0 Å². The van der Waals surface area contributed by atoms with Gasteiger partial charge in [0.05, 0.1) is 12.5 Å². The number of nitrogens with zero attached hydrogens (tertiary/aromatic N) is 3. The van der Waals surface area contributed by atoms with Gasteiger partial charge in [0, 0.05) is 48.7 Å². The van der Waals surface area contributed by atoms with Crippen LogP contribution < -0.4 is 0 Å². The Morgan fingerprint density at radius 1 is 1.42 bits per heavy atom. The lowest BCUT2D eigenvalue weighted by Crippen LogP contribution is -2.34. The van der Waals surface area contributed by atoms with Crippen LogP contribution in [0.5, 0.6) is 0 Å². The highest BCUT2D eigenvalue weighted by molar-refractivity contribution is 7.11. The first kappa shape index (κ1) is 16.6. The molecule has 2 aromatic heterocycles. The minimum absolute atomic E-state index is 0.0394. The maximum atomic E-state index is 12.6. The molecule has 126 valence electrons. The topological polar surface area (TPSA) is 53.5 Å². The molecule has 0 aliphatic carbocycles. The van der Waals surface area contributed by atoms with Crippen LogP contribution in [0.15, 0.2) is 36.7 Å². The Balaban J connectivity index is 1.59. The molecule has 1 aliphatic heterocycles. The Hall–Kier alpha value is -2.21. The Morgan fingerprint density at radius 3 is 2.92 bits per heavy atom. The number of aryl methyl sites for hydroxylation is 1. The Morgan fingerprint density at radius 2 is 2.25 bits per heavy atom. The van der Waals surface area contributed by atoms with Crippen molar-refractivity contribution in [1.82, 2.24) is 14.8 Å². The largest absolute Gasteiger partial charge is 0.340 e. The number of carbonyl (C=O) groups is 2. The number of hydrogen-bond acceptors (Lipinski definition) is 4. The van der Waals surface area contributed by atoms with Gasteiger partial charge in [0.15, 0.2) is 0 Å². The van der Waals surface area contributed by atoms with Gasteiger partial charge in [0.1, 0.15) is 0 Å². The van der Waals surface area contributed by atoms with Gasteiger partial charge in [-0.15, -0.1) is 11.3 Å². The zero-order valence-corrected chi connectivity index (χ0v) is 14.8. The standard InChI is InChI=1S/C18H21N3O2S/c1-13-5-6-16(24-13)12-20(2)18(23)15-8-17(22)21(11-15)10-14-4-3-7-19-9-14/h3-7,9,15H,8,10-12H2,1-2H3. The smallest absolute Gasteiger partial charge is 0.228 e.